The third-order valence-corrected chi connectivity index (χ3v) is 2.20. The normalized spacial score (nSPS) is 13.6. The Morgan fingerprint density at radius 1 is 1.06 bits per heavy atom. The number of alkyl halides is 7. The van der Waals surface area contributed by atoms with Crippen LogP contribution in [0.3, 0.4) is 0 Å². The Hall–Kier alpha value is -0.600. The lowest BCUT2D eigenvalue weighted by Gasteiger charge is -2.28. The van der Waals surface area contributed by atoms with Crippen LogP contribution in [0.4, 0.5) is 30.7 Å². The Kier molecular flexibility index (Phi) is 5.83. The van der Waals surface area contributed by atoms with Crippen LogP contribution in [0.2, 0.25) is 0 Å². The SMILES string of the molecule is CCCCOC(=S)CC(F)(F)C(F)(F)C(F)(F)F. The average Bonchev–Trinajstić information content (AvgIpc) is 2.15. The van der Waals surface area contributed by atoms with Gasteiger partial charge in [-0.2, -0.15) is 30.7 Å². The Balaban J connectivity index is 4.60. The van der Waals surface area contributed by atoms with E-state index in [1.54, 1.807) is 6.92 Å². The van der Waals surface area contributed by atoms with Crippen molar-refractivity contribution in [2.45, 2.75) is 44.2 Å². The Morgan fingerprint density at radius 3 is 1.94 bits per heavy atom. The van der Waals surface area contributed by atoms with Crippen LogP contribution in [-0.4, -0.2) is 29.7 Å². The lowest BCUT2D eigenvalue weighted by Crippen LogP contribution is -2.52. The fraction of sp³-hybridized carbons (Fsp3) is 0.889. The molecule has 0 saturated heterocycles. The zero-order valence-corrected chi connectivity index (χ0v) is 10.1. The van der Waals surface area contributed by atoms with Crippen molar-refractivity contribution in [1.29, 1.82) is 0 Å². The number of ether oxygens (including phenoxy) is 1. The van der Waals surface area contributed by atoms with Crippen LogP contribution in [-0.2, 0) is 4.74 Å². The minimum absolute atomic E-state index is 0.0942. The van der Waals surface area contributed by atoms with Gasteiger partial charge >= 0.3 is 18.0 Å². The van der Waals surface area contributed by atoms with Crippen molar-refractivity contribution >= 4 is 17.3 Å². The van der Waals surface area contributed by atoms with Crippen LogP contribution >= 0.6 is 12.2 Å². The van der Waals surface area contributed by atoms with E-state index in [0.717, 1.165) is 0 Å². The maximum absolute atomic E-state index is 12.8. The molecule has 0 amide bonds. The van der Waals surface area contributed by atoms with E-state index >= 15 is 0 Å². The Bertz CT molecular complexity index is 287. The molecule has 0 aromatic heterocycles. The quantitative estimate of drug-likeness (QED) is 0.409. The molecular formula is C9H11F7OS. The lowest BCUT2D eigenvalue weighted by molar-refractivity contribution is -0.352. The van der Waals surface area contributed by atoms with E-state index in [-0.39, 0.29) is 6.61 Å². The highest BCUT2D eigenvalue weighted by Crippen LogP contribution is 2.48. The summed E-state index contributed by atoms with van der Waals surface area (Å²) in [6.45, 7) is 1.65. The van der Waals surface area contributed by atoms with Crippen molar-refractivity contribution in [3.8, 4) is 0 Å². The first-order chi connectivity index (χ1) is 7.95. The number of halogens is 7. The maximum Gasteiger partial charge on any atom is 0.459 e. The van der Waals surface area contributed by atoms with Gasteiger partial charge in [-0.15, -0.1) is 0 Å². The topological polar surface area (TPSA) is 9.23 Å². The van der Waals surface area contributed by atoms with Crippen LogP contribution in [0.15, 0.2) is 0 Å². The standard InChI is InChI=1S/C9H11F7OS/c1-2-3-4-17-6(18)5-7(10,11)8(12,13)9(14,15)16/h2-5H2,1H3. The van der Waals surface area contributed by atoms with Gasteiger partial charge < -0.3 is 4.74 Å². The third kappa shape index (κ3) is 4.25. The lowest BCUT2D eigenvalue weighted by atomic mass is 10.1. The molecule has 0 unspecified atom stereocenters. The van der Waals surface area contributed by atoms with Crippen LogP contribution in [0, 0.1) is 0 Å². The van der Waals surface area contributed by atoms with Crippen LogP contribution in [0.1, 0.15) is 26.2 Å². The van der Waals surface area contributed by atoms with Crippen LogP contribution in [0.25, 0.3) is 0 Å². The molecule has 0 heterocycles. The van der Waals surface area contributed by atoms with Gasteiger partial charge in [0, 0.05) is 0 Å². The molecule has 0 aliphatic rings. The summed E-state index contributed by atoms with van der Waals surface area (Å²) in [7, 11) is 0. The smallest absolute Gasteiger partial charge is 0.459 e. The van der Waals surface area contributed by atoms with Gasteiger partial charge in [0.15, 0.2) is 5.05 Å². The molecule has 0 aliphatic heterocycles. The number of hydrogen-bond acceptors (Lipinski definition) is 2. The maximum atomic E-state index is 12.8. The first-order valence-electron chi connectivity index (χ1n) is 4.93. The first kappa shape index (κ1) is 17.4. The molecule has 0 N–H and O–H groups in total. The van der Waals surface area contributed by atoms with Gasteiger partial charge in [0.05, 0.1) is 13.0 Å². The number of unbranched alkanes of at least 4 members (excludes halogenated alkanes) is 1. The fourth-order valence-corrected chi connectivity index (χ4v) is 1.15. The molecule has 18 heavy (non-hydrogen) atoms. The van der Waals surface area contributed by atoms with E-state index in [1.165, 1.54) is 0 Å². The van der Waals surface area contributed by atoms with E-state index in [0.29, 0.717) is 12.8 Å². The van der Waals surface area contributed by atoms with E-state index in [9.17, 15) is 30.7 Å². The minimum atomic E-state index is -6.34. The van der Waals surface area contributed by atoms with Gasteiger partial charge in [0.1, 0.15) is 0 Å². The summed E-state index contributed by atoms with van der Waals surface area (Å²) in [5.41, 5.74) is 0. The second-order valence-corrected chi connectivity index (χ2v) is 3.98. The fourth-order valence-electron chi connectivity index (χ4n) is 0.881. The van der Waals surface area contributed by atoms with Gasteiger partial charge in [-0.05, 0) is 18.6 Å². The molecule has 0 rings (SSSR count). The second-order valence-electron chi connectivity index (χ2n) is 3.53. The van der Waals surface area contributed by atoms with E-state index in [1.807, 2.05) is 0 Å². The molecule has 0 bridgehead atoms. The van der Waals surface area contributed by atoms with Crippen molar-refractivity contribution in [1.82, 2.24) is 0 Å². The molecular weight excluding hydrogens is 289 g/mol. The highest BCUT2D eigenvalue weighted by atomic mass is 32.1. The molecule has 0 fully saturated rings. The first-order valence-corrected chi connectivity index (χ1v) is 5.34. The highest BCUT2D eigenvalue weighted by Gasteiger charge is 2.72. The average molecular weight is 300 g/mol. The molecule has 9 heteroatoms. The predicted molar refractivity (Wildman–Crippen MR) is 54.0 cm³/mol. The molecule has 108 valence electrons. The van der Waals surface area contributed by atoms with E-state index in [2.05, 4.69) is 17.0 Å². The number of hydrogen-bond donors (Lipinski definition) is 0. The molecule has 1 nitrogen and oxygen atoms in total. The minimum Gasteiger partial charge on any atom is -0.487 e. The summed E-state index contributed by atoms with van der Waals surface area (Å²) in [5.74, 6) is -11.5. The summed E-state index contributed by atoms with van der Waals surface area (Å²) in [6.07, 6.45) is -7.22. The van der Waals surface area contributed by atoms with Crippen LogP contribution < -0.4 is 0 Å². The zero-order chi connectivity index (χ0) is 14.6. The number of rotatable bonds is 6. The molecule has 0 aliphatic carbocycles. The van der Waals surface area contributed by atoms with E-state index < -0.39 is 29.5 Å². The summed E-state index contributed by atoms with van der Waals surface area (Å²) < 4.78 is 90.4. The van der Waals surface area contributed by atoms with Crippen LogP contribution in [0.5, 0.6) is 0 Å². The van der Waals surface area contributed by atoms with Gasteiger partial charge in [0.2, 0.25) is 0 Å². The molecule has 0 saturated carbocycles. The summed E-state index contributed by atoms with van der Waals surface area (Å²) in [4.78, 5) is 0. The summed E-state index contributed by atoms with van der Waals surface area (Å²) in [6, 6.07) is 0. The molecule has 0 aromatic rings. The van der Waals surface area contributed by atoms with Crippen molar-refractivity contribution in [3.63, 3.8) is 0 Å². The van der Waals surface area contributed by atoms with Gasteiger partial charge in [-0.1, -0.05) is 13.3 Å². The number of thiocarbonyl (C=S) groups is 1. The monoisotopic (exact) mass is 300 g/mol. The molecule has 0 atom stereocenters. The summed E-state index contributed by atoms with van der Waals surface area (Å²) in [5, 5.41) is -0.961. The highest BCUT2D eigenvalue weighted by molar-refractivity contribution is 7.80. The largest absolute Gasteiger partial charge is 0.487 e. The van der Waals surface area contributed by atoms with Crippen molar-refractivity contribution in [3.05, 3.63) is 0 Å². The predicted octanol–water partition coefficient (Wildman–Crippen LogP) is 4.35. The third-order valence-electron chi connectivity index (χ3n) is 1.94. The van der Waals surface area contributed by atoms with Crippen molar-refractivity contribution in [2.24, 2.45) is 0 Å². The van der Waals surface area contributed by atoms with Crippen molar-refractivity contribution in [2.75, 3.05) is 6.61 Å². The Labute approximate surface area is 104 Å². The van der Waals surface area contributed by atoms with Gasteiger partial charge in [-0.25, -0.2) is 0 Å². The molecule has 0 spiro atoms. The van der Waals surface area contributed by atoms with E-state index in [4.69, 9.17) is 0 Å². The molecule has 0 aromatic carbocycles. The Morgan fingerprint density at radius 2 is 1.56 bits per heavy atom. The van der Waals surface area contributed by atoms with Crippen molar-refractivity contribution < 1.29 is 35.5 Å². The van der Waals surface area contributed by atoms with Gasteiger partial charge in [0.25, 0.3) is 0 Å². The summed E-state index contributed by atoms with van der Waals surface area (Å²) >= 11 is 4.20. The second kappa shape index (κ2) is 6.03. The molecule has 0 radical (unpaired) electrons. The zero-order valence-electron chi connectivity index (χ0n) is 9.29. The van der Waals surface area contributed by atoms with Gasteiger partial charge in [-0.3, -0.25) is 0 Å².